The van der Waals surface area contributed by atoms with Crippen molar-refractivity contribution >= 4 is 57.8 Å². The molecule has 0 aliphatic heterocycles. The van der Waals surface area contributed by atoms with Crippen LogP contribution in [0, 0.1) is 0 Å². The van der Waals surface area contributed by atoms with Crippen molar-refractivity contribution in [1.82, 2.24) is 14.3 Å². The Hall–Kier alpha value is -2.42. The van der Waals surface area contributed by atoms with E-state index < -0.39 is 5.91 Å². The molecule has 1 amide bonds. The lowest BCUT2D eigenvalue weighted by Crippen LogP contribution is -2.13. The van der Waals surface area contributed by atoms with Crippen LogP contribution in [0.3, 0.4) is 0 Å². The van der Waals surface area contributed by atoms with Gasteiger partial charge in [0.05, 0.1) is 17.9 Å². The molecule has 0 saturated carbocycles. The normalized spacial score (nSPS) is 10.5. The summed E-state index contributed by atoms with van der Waals surface area (Å²) in [5, 5.41) is 6.01. The number of anilines is 3. The highest BCUT2D eigenvalue weighted by molar-refractivity contribution is 7.11. The summed E-state index contributed by atoms with van der Waals surface area (Å²) in [4.78, 5) is 20.5. The number of carbonyl (C=O) groups is 1. The first-order chi connectivity index (χ1) is 12.0. The molecule has 3 aromatic heterocycles. The van der Waals surface area contributed by atoms with Crippen molar-refractivity contribution in [2.24, 2.45) is 0 Å². The predicted molar refractivity (Wildman–Crippen MR) is 100 cm³/mol. The van der Waals surface area contributed by atoms with Crippen molar-refractivity contribution in [1.29, 1.82) is 0 Å². The average Bonchev–Trinajstić information content (AvgIpc) is 2.94. The molecule has 3 aromatic rings. The van der Waals surface area contributed by atoms with E-state index in [-0.39, 0.29) is 15.1 Å². The van der Waals surface area contributed by atoms with Gasteiger partial charge in [0.15, 0.2) is 5.69 Å². The highest BCUT2D eigenvalue weighted by Crippen LogP contribution is 2.29. The number of hydrogen-bond donors (Lipinski definition) is 3. The second-order valence-electron chi connectivity index (χ2n) is 4.90. The molecular formula is C15H12Cl2N6OS. The Morgan fingerprint density at radius 2 is 2.08 bits per heavy atom. The van der Waals surface area contributed by atoms with E-state index in [1.165, 1.54) is 0 Å². The Morgan fingerprint density at radius 1 is 1.24 bits per heavy atom. The number of rotatable bonds is 5. The number of halogens is 2. The predicted octanol–water partition coefficient (Wildman–Crippen LogP) is 3.69. The van der Waals surface area contributed by atoms with Crippen molar-refractivity contribution in [3.63, 3.8) is 0 Å². The van der Waals surface area contributed by atoms with Gasteiger partial charge < -0.3 is 16.4 Å². The van der Waals surface area contributed by atoms with E-state index in [1.54, 1.807) is 30.6 Å². The van der Waals surface area contributed by atoms with Crippen molar-refractivity contribution < 1.29 is 4.79 Å². The topological polar surface area (TPSA) is 106 Å². The molecule has 25 heavy (non-hydrogen) atoms. The van der Waals surface area contributed by atoms with E-state index >= 15 is 0 Å². The summed E-state index contributed by atoms with van der Waals surface area (Å²) in [5.74, 6) is -0.0308. The van der Waals surface area contributed by atoms with E-state index in [0.29, 0.717) is 29.4 Å². The Bertz CT molecular complexity index is 917. The van der Waals surface area contributed by atoms with Gasteiger partial charge >= 0.3 is 0 Å². The minimum absolute atomic E-state index is 0.0938. The Labute approximate surface area is 157 Å². The van der Waals surface area contributed by atoms with Crippen LogP contribution in [-0.2, 0) is 6.54 Å². The molecule has 0 aromatic carbocycles. The molecule has 0 aliphatic carbocycles. The fraction of sp³-hybridized carbons (Fsp3) is 0.0667. The summed E-state index contributed by atoms with van der Waals surface area (Å²) in [6.45, 7) is 0.420. The fourth-order valence-electron chi connectivity index (χ4n) is 2.00. The van der Waals surface area contributed by atoms with E-state index in [2.05, 4.69) is 25.0 Å². The lowest BCUT2D eigenvalue weighted by atomic mass is 10.3. The molecule has 0 fully saturated rings. The number of nitrogen functional groups attached to an aromatic ring is 1. The lowest BCUT2D eigenvalue weighted by Gasteiger charge is -2.09. The van der Waals surface area contributed by atoms with Gasteiger partial charge in [0.25, 0.3) is 5.91 Å². The number of hydrogen-bond acceptors (Lipinski definition) is 7. The van der Waals surface area contributed by atoms with Gasteiger partial charge in [0.1, 0.15) is 15.2 Å². The molecular weight excluding hydrogens is 383 g/mol. The standard InChI is InChI=1S/C15H12Cl2N6OS/c16-11-12(23-25-13(11)17)15(24)22-8-3-5-19-9(6-8)7-21-10-2-1-4-20-14(10)18/h1-6,21H,7H2,(H2,18,20)(H,19,22,24). The van der Waals surface area contributed by atoms with Gasteiger partial charge in [-0.25, -0.2) is 4.98 Å². The van der Waals surface area contributed by atoms with E-state index in [9.17, 15) is 4.79 Å². The molecule has 0 bridgehead atoms. The smallest absolute Gasteiger partial charge is 0.276 e. The molecule has 3 rings (SSSR count). The molecule has 10 heteroatoms. The first-order valence-corrected chi connectivity index (χ1v) is 8.59. The molecule has 0 unspecified atom stereocenters. The first kappa shape index (κ1) is 17.4. The molecule has 128 valence electrons. The summed E-state index contributed by atoms with van der Waals surface area (Å²) in [5.41, 5.74) is 7.86. The lowest BCUT2D eigenvalue weighted by molar-refractivity contribution is 0.102. The highest BCUT2D eigenvalue weighted by Gasteiger charge is 2.17. The van der Waals surface area contributed by atoms with Crippen LogP contribution in [0.4, 0.5) is 17.2 Å². The van der Waals surface area contributed by atoms with Crippen LogP contribution in [0.15, 0.2) is 36.7 Å². The van der Waals surface area contributed by atoms with Gasteiger partial charge in [-0.2, -0.15) is 4.37 Å². The van der Waals surface area contributed by atoms with Crippen LogP contribution in [-0.4, -0.2) is 20.2 Å². The van der Waals surface area contributed by atoms with Crippen LogP contribution >= 0.6 is 34.7 Å². The third kappa shape index (κ3) is 4.16. The SMILES string of the molecule is Nc1ncccc1NCc1cc(NC(=O)c2nsc(Cl)c2Cl)ccn1. The zero-order chi connectivity index (χ0) is 17.8. The number of nitrogens with one attached hydrogen (secondary N) is 2. The zero-order valence-corrected chi connectivity index (χ0v) is 15.0. The fourth-order valence-corrected chi connectivity index (χ4v) is 2.99. The molecule has 0 saturated heterocycles. The third-order valence-electron chi connectivity index (χ3n) is 3.19. The maximum absolute atomic E-state index is 12.2. The first-order valence-electron chi connectivity index (χ1n) is 7.06. The number of pyridine rings is 2. The Kier molecular flexibility index (Phi) is 5.32. The number of carbonyl (C=O) groups excluding carboxylic acids is 1. The average molecular weight is 395 g/mol. The minimum atomic E-state index is -0.435. The number of aromatic nitrogens is 3. The van der Waals surface area contributed by atoms with E-state index in [0.717, 1.165) is 11.5 Å². The van der Waals surface area contributed by atoms with Crippen LogP contribution in [0.2, 0.25) is 9.36 Å². The number of nitrogens with zero attached hydrogens (tertiary/aromatic N) is 3. The molecule has 0 atom stereocenters. The molecule has 0 aliphatic rings. The Morgan fingerprint density at radius 3 is 2.80 bits per heavy atom. The summed E-state index contributed by atoms with van der Waals surface area (Å²) in [6.07, 6.45) is 3.21. The monoisotopic (exact) mass is 394 g/mol. The summed E-state index contributed by atoms with van der Waals surface area (Å²) >= 11 is 12.7. The van der Waals surface area contributed by atoms with Crippen molar-refractivity contribution in [2.45, 2.75) is 6.54 Å². The summed E-state index contributed by atoms with van der Waals surface area (Å²) in [7, 11) is 0. The van der Waals surface area contributed by atoms with Crippen LogP contribution in [0.1, 0.15) is 16.2 Å². The quantitative estimate of drug-likeness (QED) is 0.609. The zero-order valence-electron chi connectivity index (χ0n) is 12.7. The highest BCUT2D eigenvalue weighted by atomic mass is 35.5. The molecule has 3 heterocycles. The second-order valence-corrected chi connectivity index (χ2v) is 6.65. The number of nitrogens with two attached hydrogens (primary N) is 1. The summed E-state index contributed by atoms with van der Waals surface area (Å²) in [6, 6.07) is 7.01. The van der Waals surface area contributed by atoms with E-state index in [4.69, 9.17) is 28.9 Å². The van der Waals surface area contributed by atoms with Gasteiger partial charge in [0.2, 0.25) is 0 Å². The second kappa shape index (κ2) is 7.64. The summed E-state index contributed by atoms with van der Waals surface area (Å²) < 4.78 is 4.21. The van der Waals surface area contributed by atoms with Gasteiger partial charge in [0, 0.05) is 18.1 Å². The van der Waals surface area contributed by atoms with Gasteiger partial charge in [-0.15, -0.1) is 0 Å². The van der Waals surface area contributed by atoms with Crippen LogP contribution < -0.4 is 16.4 Å². The van der Waals surface area contributed by atoms with Crippen molar-refractivity contribution in [2.75, 3.05) is 16.4 Å². The number of amides is 1. The van der Waals surface area contributed by atoms with E-state index in [1.807, 2.05) is 6.07 Å². The van der Waals surface area contributed by atoms with Gasteiger partial charge in [-0.1, -0.05) is 23.2 Å². The maximum Gasteiger partial charge on any atom is 0.276 e. The molecule has 4 N–H and O–H groups in total. The molecule has 0 spiro atoms. The van der Waals surface area contributed by atoms with Crippen molar-refractivity contribution in [3.8, 4) is 0 Å². The van der Waals surface area contributed by atoms with Gasteiger partial charge in [-0.3, -0.25) is 9.78 Å². The molecule has 7 nitrogen and oxygen atoms in total. The van der Waals surface area contributed by atoms with Crippen molar-refractivity contribution in [3.05, 3.63) is 57.4 Å². The van der Waals surface area contributed by atoms with Crippen LogP contribution in [0.25, 0.3) is 0 Å². The Balaban J connectivity index is 1.68. The molecule has 0 radical (unpaired) electrons. The largest absolute Gasteiger partial charge is 0.382 e. The van der Waals surface area contributed by atoms with Crippen LogP contribution in [0.5, 0.6) is 0 Å². The maximum atomic E-state index is 12.2. The third-order valence-corrected chi connectivity index (χ3v) is 4.80. The minimum Gasteiger partial charge on any atom is -0.382 e. The van der Waals surface area contributed by atoms with Gasteiger partial charge in [-0.05, 0) is 35.8 Å².